The van der Waals surface area contributed by atoms with Gasteiger partial charge in [0, 0.05) is 27.2 Å². The Kier molecular flexibility index (Phi) is 27.3. The van der Waals surface area contributed by atoms with Gasteiger partial charge >= 0.3 is 10.4 Å². The molecule has 14 N–H and O–H groups in total. The zero-order chi connectivity index (χ0) is 55.6. The average molecular weight is 1110 g/mol. The second-order valence-electron chi connectivity index (χ2n) is 19.5. The van der Waals surface area contributed by atoms with E-state index in [9.17, 15) is 78.1 Å². The number of nitrogens with one attached hydrogen (secondary N) is 4. The summed E-state index contributed by atoms with van der Waals surface area (Å²) in [6, 6.07) is -6.57. The SMILES string of the molecule is CCCCCCCCCCCCCCCC(=O)N[C@H]1[C@H](O[C@H]2C(O)[C@@H](NC(C)=O)[C@H](O[C@H]3[C@H](O)[C@@H](NC(C)=O)[C@H](O[C@H]4C(O)[C@@H](NC(C)=O)[C@H](O)O[C@@H]4COS(=O)(=O)O)O[C@@H]3CO)O[C@@H]2CO)O[C@H](CO)[C@@H](O)[C@@H]1O. The minimum absolute atomic E-state index is 0.0409. The number of rotatable bonds is 30. The van der Waals surface area contributed by atoms with E-state index in [1.807, 2.05) is 0 Å². The Bertz CT molecular complexity index is 1860. The van der Waals surface area contributed by atoms with E-state index < -0.39 is 183 Å². The zero-order valence-electron chi connectivity index (χ0n) is 42.9. The molecule has 0 bridgehead atoms. The summed E-state index contributed by atoms with van der Waals surface area (Å²) in [5.74, 6) is -2.90. The molecule has 4 rings (SSSR count). The van der Waals surface area contributed by atoms with Crippen LogP contribution in [0.2, 0.25) is 0 Å². The third-order valence-corrected chi connectivity index (χ3v) is 13.9. The van der Waals surface area contributed by atoms with Crippen molar-refractivity contribution in [3.63, 3.8) is 0 Å². The van der Waals surface area contributed by atoms with Crippen molar-refractivity contribution in [1.82, 2.24) is 21.3 Å². The Balaban J connectivity index is 1.49. The van der Waals surface area contributed by atoms with Crippen molar-refractivity contribution in [2.75, 3.05) is 26.4 Å². The van der Waals surface area contributed by atoms with E-state index >= 15 is 0 Å². The van der Waals surface area contributed by atoms with Gasteiger partial charge in [-0.3, -0.25) is 23.7 Å². The zero-order valence-corrected chi connectivity index (χ0v) is 43.7. The number of hydrogen-bond donors (Lipinski definition) is 14. The summed E-state index contributed by atoms with van der Waals surface area (Å²) >= 11 is 0. The van der Waals surface area contributed by atoms with E-state index in [0.29, 0.717) is 6.42 Å². The summed E-state index contributed by atoms with van der Waals surface area (Å²) in [5.41, 5.74) is 0. The lowest BCUT2D eigenvalue weighted by Crippen LogP contribution is -2.71. The molecule has 29 heteroatoms. The van der Waals surface area contributed by atoms with Crippen molar-refractivity contribution in [2.45, 2.75) is 240 Å². The average Bonchev–Trinajstić information content (AvgIpc) is 3.34. The van der Waals surface area contributed by atoms with Gasteiger partial charge in [0.05, 0.1) is 26.4 Å². The van der Waals surface area contributed by atoms with E-state index in [4.69, 9.17) is 33.2 Å². The number of aliphatic hydroxyl groups is 9. The number of carbonyl (C=O) groups is 4. The first-order chi connectivity index (χ1) is 35.5. The largest absolute Gasteiger partial charge is 0.397 e. The first kappa shape index (κ1) is 64.6. The molecule has 0 aromatic heterocycles. The highest BCUT2D eigenvalue weighted by Gasteiger charge is 2.56. The third-order valence-electron chi connectivity index (χ3n) is 13.5. The molecule has 4 heterocycles. The summed E-state index contributed by atoms with van der Waals surface area (Å²) < 4.78 is 77.9. The van der Waals surface area contributed by atoms with Gasteiger partial charge < -0.3 is 100 Å². The number of carbonyl (C=O) groups excluding carboxylic acids is 4. The lowest BCUT2D eigenvalue weighted by atomic mass is 9.93. The number of unbranched alkanes of at least 4 members (excludes halogenated alkanes) is 12. The maximum Gasteiger partial charge on any atom is 0.397 e. The van der Waals surface area contributed by atoms with Gasteiger partial charge in [-0.25, -0.2) is 4.18 Å². The second-order valence-corrected chi connectivity index (χ2v) is 20.6. The number of hydrogen-bond acceptors (Lipinski definition) is 23. The Morgan fingerprint density at radius 3 is 1.23 bits per heavy atom. The summed E-state index contributed by atoms with van der Waals surface area (Å²) in [4.78, 5) is 50.5. The lowest BCUT2D eigenvalue weighted by molar-refractivity contribution is -0.361. The van der Waals surface area contributed by atoms with Crippen molar-refractivity contribution in [3.05, 3.63) is 0 Å². The van der Waals surface area contributed by atoms with E-state index in [1.54, 1.807) is 0 Å². The van der Waals surface area contributed by atoms with Crippen LogP contribution in [0.4, 0.5) is 0 Å². The Labute approximate surface area is 436 Å². The normalized spacial score (nSPS) is 36.3. The minimum atomic E-state index is -5.15. The molecule has 4 fully saturated rings. The van der Waals surface area contributed by atoms with Gasteiger partial charge in [-0.2, -0.15) is 8.42 Å². The van der Waals surface area contributed by atoms with Crippen LogP contribution >= 0.6 is 0 Å². The van der Waals surface area contributed by atoms with Crippen molar-refractivity contribution in [3.8, 4) is 0 Å². The highest BCUT2D eigenvalue weighted by molar-refractivity contribution is 7.80. The first-order valence-electron chi connectivity index (χ1n) is 25.8. The van der Waals surface area contributed by atoms with Crippen molar-refractivity contribution in [1.29, 1.82) is 0 Å². The van der Waals surface area contributed by atoms with Crippen LogP contribution in [0.25, 0.3) is 0 Å². The maximum absolute atomic E-state index is 13.3. The first-order valence-corrected chi connectivity index (χ1v) is 27.1. The summed E-state index contributed by atoms with van der Waals surface area (Å²) in [6.45, 7) is 1.43. The number of aliphatic hydroxyl groups excluding tert-OH is 9. The third kappa shape index (κ3) is 19.5. The fourth-order valence-corrected chi connectivity index (χ4v) is 9.94. The van der Waals surface area contributed by atoms with Crippen LogP contribution in [0, 0.1) is 0 Å². The predicted octanol–water partition coefficient (Wildman–Crippen LogP) is -3.89. The van der Waals surface area contributed by atoms with Crippen LogP contribution in [0.1, 0.15) is 118 Å². The quantitative estimate of drug-likeness (QED) is 0.0242. The fraction of sp³-hybridized carbons (Fsp3) is 0.913. The smallest absolute Gasteiger partial charge is 0.394 e. The molecule has 4 aliphatic rings. The maximum atomic E-state index is 13.3. The van der Waals surface area contributed by atoms with Crippen LogP contribution in [0.3, 0.4) is 0 Å². The summed E-state index contributed by atoms with van der Waals surface area (Å²) in [6.07, 6.45) is -14.6. The van der Waals surface area contributed by atoms with Crippen LogP contribution < -0.4 is 21.3 Å². The van der Waals surface area contributed by atoms with Crippen LogP contribution in [-0.2, 0) is 66.9 Å². The molecule has 436 valence electrons. The molecule has 0 radical (unpaired) electrons. The van der Waals surface area contributed by atoms with Gasteiger partial charge in [0.1, 0.15) is 97.4 Å². The van der Waals surface area contributed by atoms with Gasteiger partial charge in [-0.1, -0.05) is 84.0 Å². The van der Waals surface area contributed by atoms with Gasteiger partial charge in [0.15, 0.2) is 25.2 Å². The molecule has 0 aromatic rings. The minimum Gasteiger partial charge on any atom is -0.394 e. The molecule has 4 amide bonds. The van der Waals surface area contributed by atoms with Crippen LogP contribution in [0.15, 0.2) is 0 Å². The highest BCUT2D eigenvalue weighted by Crippen LogP contribution is 2.35. The molecule has 20 atom stereocenters. The van der Waals surface area contributed by atoms with Crippen LogP contribution in [-0.4, -0.2) is 232 Å². The summed E-state index contributed by atoms with van der Waals surface area (Å²) in [7, 11) is -5.15. The molecule has 2 unspecified atom stereocenters. The predicted molar refractivity (Wildman–Crippen MR) is 255 cm³/mol. The number of ether oxygens (including phenoxy) is 7. The standard InChI is InChI=1S/C46H82N4O24S/c1-5-6-7-8-9-10-11-12-13-14-15-16-17-18-30(57)50-32-36(59)35(58)26(19-51)69-44(32)72-40-27(20-52)70-45(33(38(40)61)48-24(3)55)73-41-28(21-53)71-46(34(39(41)62)49-25(4)56)74-42-29(22-67-75(64,65)66)68-43(63)31(37(42)60)47-23(2)54/h26-29,31-46,51-53,58-63H,5-22H2,1-4H3,(H,47,54)(H,48,55)(H,49,56)(H,50,57)(H,64,65,66)/t26-,27-,28-,29-,31-,32-,33-,34-,35-,36-,37?,38?,39-,40-,41-,42-,43-,44+,45+,46+/m1/s1. The van der Waals surface area contributed by atoms with E-state index in [-0.39, 0.29) is 6.42 Å². The van der Waals surface area contributed by atoms with E-state index in [0.717, 1.165) is 52.9 Å². The van der Waals surface area contributed by atoms with E-state index in [1.165, 1.54) is 44.9 Å². The second kappa shape index (κ2) is 31.6. The summed E-state index contributed by atoms with van der Waals surface area (Å²) in [5, 5.41) is 109. The van der Waals surface area contributed by atoms with Gasteiger partial charge in [-0.05, 0) is 6.42 Å². The lowest BCUT2D eigenvalue weighted by Gasteiger charge is -2.51. The molecule has 4 aliphatic heterocycles. The number of amides is 4. The van der Waals surface area contributed by atoms with Gasteiger partial charge in [-0.15, -0.1) is 0 Å². The monoisotopic (exact) mass is 1110 g/mol. The van der Waals surface area contributed by atoms with Gasteiger partial charge in [0.25, 0.3) is 0 Å². The molecule has 0 saturated carbocycles. The Morgan fingerprint density at radius 2 is 0.827 bits per heavy atom. The van der Waals surface area contributed by atoms with E-state index in [2.05, 4.69) is 32.4 Å². The molecular formula is C46H82N4O24S. The molecule has 0 aliphatic carbocycles. The highest BCUT2D eigenvalue weighted by atomic mass is 32.3. The molecule has 0 spiro atoms. The van der Waals surface area contributed by atoms with Crippen molar-refractivity contribution < 1.29 is 115 Å². The van der Waals surface area contributed by atoms with Gasteiger partial charge in [0.2, 0.25) is 23.6 Å². The topological polar surface area (TPSA) is 427 Å². The Hall–Kier alpha value is -2.89. The molecular weight excluding hydrogens is 1020 g/mol. The van der Waals surface area contributed by atoms with Crippen molar-refractivity contribution in [2.24, 2.45) is 0 Å². The molecule has 28 nitrogen and oxygen atoms in total. The molecule has 0 aromatic carbocycles. The fourth-order valence-electron chi connectivity index (χ4n) is 9.64. The van der Waals surface area contributed by atoms with Crippen molar-refractivity contribution >= 4 is 34.0 Å². The molecule has 75 heavy (non-hydrogen) atoms. The Morgan fingerprint density at radius 1 is 0.467 bits per heavy atom. The van der Waals surface area contributed by atoms with Crippen LogP contribution in [0.5, 0.6) is 0 Å². The molecule has 4 saturated heterocycles.